The summed E-state index contributed by atoms with van der Waals surface area (Å²) in [6.07, 6.45) is 1.58. The molecule has 19 heavy (non-hydrogen) atoms. The van der Waals surface area contributed by atoms with Gasteiger partial charge in [0.15, 0.2) is 0 Å². The van der Waals surface area contributed by atoms with E-state index in [1.165, 1.54) is 0 Å². The monoisotopic (exact) mass is 272 g/mol. The number of aromatic nitrogens is 2. The van der Waals surface area contributed by atoms with Crippen molar-refractivity contribution in [2.75, 3.05) is 14.2 Å². The molecule has 0 spiro atoms. The van der Waals surface area contributed by atoms with Crippen molar-refractivity contribution in [3.63, 3.8) is 0 Å². The lowest BCUT2D eigenvalue weighted by atomic mass is 10.1. The number of benzene rings is 1. The summed E-state index contributed by atoms with van der Waals surface area (Å²) in [6.45, 7) is 0. The lowest BCUT2D eigenvalue weighted by Gasteiger charge is -2.10. The molecule has 2 heterocycles. The smallest absolute Gasteiger partial charge is 0.128 e. The Balaban J connectivity index is 2.28. The molecule has 0 bridgehead atoms. The quantitative estimate of drug-likeness (QED) is 0.733. The van der Waals surface area contributed by atoms with Crippen LogP contribution in [0.5, 0.6) is 11.5 Å². The second-order valence-electron chi connectivity index (χ2n) is 3.93. The number of fused-ring (bicyclic) bond motifs is 1. The first-order valence-electron chi connectivity index (χ1n) is 5.74. The van der Waals surface area contributed by atoms with E-state index in [1.807, 2.05) is 29.6 Å². The van der Waals surface area contributed by atoms with Crippen LogP contribution in [0, 0.1) is 0 Å². The SMILES string of the molecule is COc1ccc(OC)c(-c2ncnc3sccc23)c1. The Labute approximate surface area is 114 Å². The Kier molecular flexibility index (Phi) is 3.05. The number of rotatable bonds is 3. The number of hydrogen-bond donors (Lipinski definition) is 0. The van der Waals surface area contributed by atoms with Gasteiger partial charge in [-0.15, -0.1) is 11.3 Å². The molecule has 3 rings (SSSR count). The van der Waals surface area contributed by atoms with Crippen LogP contribution >= 0.6 is 11.3 Å². The van der Waals surface area contributed by atoms with Gasteiger partial charge in [-0.25, -0.2) is 9.97 Å². The first-order valence-corrected chi connectivity index (χ1v) is 6.62. The number of thiophene rings is 1. The van der Waals surface area contributed by atoms with E-state index in [9.17, 15) is 0 Å². The van der Waals surface area contributed by atoms with Gasteiger partial charge in [0.25, 0.3) is 0 Å². The van der Waals surface area contributed by atoms with Crippen LogP contribution in [0.25, 0.3) is 21.5 Å². The molecule has 96 valence electrons. The second kappa shape index (κ2) is 4.85. The van der Waals surface area contributed by atoms with Crippen LogP contribution < -0.4 is 9.47 Å². The number of ether oxygens (including phenoxy) is 2. The third-order valence-corrected chi connectivity index (χ3v) is 3.74. The van der Waals surface area contributed by atoms with Gasteiger partial charge in [0.1, 0.15) is 22.7 Å². The highest BCUT2D eigenvalue weighted by molar-refractivity contribution is 7.16. The summed E-state index contributed by atoms with van der Waals surface area (Å²) in [6, 6.07) is 7.70. The number of hydrogen-bond acceptors (Lipinski definition) is 5. The van der Waals surface area contributed by atoms with E-state index in [2.05, 4.69) is 9.97 Å². The molecule has 0 atom stereocenters. The Hall–Kier alpha value is -2.14. The zero-order chi connectivity index (χ0) is 13.2. The predicted octanol–water partition coefficient (Wildman–Crippen LogP) is 3.38. The van der Waals surface area contributed by atoms with E-state index in [4.69, 9.17) is 9.47 Å². The molecule has 5 heteroatoms. The minimum absolute atomic E-state index is 0.770. The van der Waals surface area contributed by atoms with Gasteiger partial charge in [0.2, 0.25) is 0 Å². The number of nitrogens with zero attached hydrogens (tertiary/aromatic N) is 2. The third-order valence-electron chi connectivity index (χ3n) is 2.92. The van der Waals surface area contributed by atoms with Crippen molar-refractivity contribution in [3.05, 3.63) is 36.0 Å². The van der Waals surface area contributed by atoms with Crippen molar-refractivity contribution in [1.29, 1.82) is 0 Å². The summed E-state index contributed by atoms with van der Waals surface area (Å²) in [4.78, 5) is 9.62. The van der Waals surface area contributed by atoms with Gasteiger partial charge < -0.3 is 9.47 Å². The molecule has 0 amide bonds. The fourth-order valence-electron chi connectivity index (χ4n) is 2.00. The zero-order valence-electron chi connectivity index (χ0n) is 10.6. The summed E-state index contributed by atoms with van der Waals surface area (Å²) in [5, 5.41) is 3.04. The van der Waals surface area contributed by atoms with Crippen molar-refractivity contribution in [2.24, 2.45) is 0 Å². The fourth-order valence-corrected chi connectivity index (χ4v) is 2.74. The maximum Gasteiger partial charge on any atom is 0.128 e. The molecule has 0 aliphatic heterocycles. The summed E-state index contributed by atoms with van der Waals surface area (Å²) >= 11 is 1.60. The first kappa shape index (κ1) is 11.9. The molecule has 0 fully saturated rings. The van der Waals surface area contributed by atoms with Crippen molar-refractivity contribution < 1.29 is 9.47 Å². The molecular weight excluding hydrogens is 260 g/mol. The second-order valence-corrected chi connectivity index (χ2v) is 4.82. The summed E-state index contributed by atoms with van der Waals surface area (Å²) in [7, 11) is 3.29. The lowest BCUT2D eigenvalue weighted by molar-refractivity contribution is 0.404. The molecule has 0 saturated heterocycles. The van der Waals surface area contributed by atoms with Gasteiger partial charge in [0, 0.05) is 10.9 Å². The van der Waals surface area contributed by atoms with Crippen LogP contribution in [-0.2, 0) is 0 Å². The van der Waals surface area contributed by atoms with Gasteiger partial charge in [0.05, 0.1) is 19.9 Å². The van der Waals surface area contributed by atoms with E-state index in [0.717, 1.165) is 33.0 Å². The Morgan fingerprint density at radius 2 is 1.95 bits per heavy atom. The summed E-state index contributed by atoms with van der Waals surface area (Å²) < 4.78 is 10.7. The van der Waals surface area contributed by atoms with E-state index < -0.39 is 0 Å². The highest BCUT2D eigenvalue weighted by atomic mass is 32.1. The van der Waals surface area contributed by atoms with Crippen LogP contribution in [-0.4, -0.2) is 24.2 Å². The molecule has 1 aromatic carbocycles. The molecule has 0 saturated carbocycles. The Morgan fingerprint density at radius 1 is 1.05 bits per heavy atom. The normalized spacial score (nSPS) is 10.6. The number of methoxy groups -OCH3 is 2. The van der Waals surface area contributed by atoms with Crippen molar-refractivity contribution in [1.82, 2.24) is 9.97 Å². The summed E-state index contributed by atoms with van der Waals surface area (Å²) in [5.41, 5.74) is 1.77. The van der Waals surface area contributed by atoms with Crippen molar-refractivity contribution in [3.8, 4) is 22.8 Å². The average Bonchev–Trinajstić information content (AvgIpc) is 2.94. The van der Waals surface area contributed by atoms with E-state index in [1.54, 1.807) is 31.9 Å². The third kappa shape index (κ3) is 2.02. The van der Waals surface area contributed by atoms with Crippen LogP contribution in [0.3, 0.4) is 0 Å². The average molecular weight is 272 g/mol. The fraction of sp³-hybridized carbons (Fsp3) is 0.143. The van der Waals surface area contributed by atoms with Crippen LogP contribution in [0.1, 0.15) is 0 Å². The predicted molar refractivity (Wildman–Crippen MR) is 76.0 cm³/mol. The molecule has 0 aliphatic rings. The van der Waals surface area contributed by atoms with Gasteiger partial charge in [-0.2, -0.15) is 0 Å². The maximum atomic E-state index is 5.41. The van der Waals surface area contributed by atoms with Gasteiger partial charge in [-0.1, -0.05) is 0 Å². The molecular formula is C14H12N2O2S. The first-order chi connectivity index (χ1) is 9.33. The molecule has 0 aliphatic carbocycles. The standard InChI is InChI=1S/C14H12N2O2S/c1-17-9-3-4-12(18-2)11(7-9)13-10-5-6-19-14(10)16-8-15-13/h3-8H,1-2H3. The Bertz CT molecular complexity index is 724. The summed E-state index contributed by atoms with van der Waals surface area (Å²) in [5.74, 6) is 1.55. The minimum atomic E-state index is 0.770. The molecule has 3 aromatic rings. The lowest BCUT2D eigenvalue weighted by Crippen LogP contribution is -1.93. The minimum Gasteiger partial charge on any atom is -0.497 e. The molecule has 0 N–H and O–H groups in total. The van der Waals surface area contributed by atoms with Crippen LogP contribution in [0.2, 0.25) is 0 Å². The molecule has 0 unspecified atom stereocenters. The van der Waals surface area contributed by atoms with Gasteiger partial charge in [-0.05, 0) is 29.6 Å². The molecule has 2 aromatic heterocycles. The van der Waals surface area contributed by atoms with Gasteiger partial charge >= 0.3 is 0 Å². The van der Waals surface area contributed by atoms with Crippen molar-refractivity contribution >= 4 is 21.6 Å². The topological polar surface area (TPSA) is 44.2 Å². The maximum absolute atomic E-state index is 5.41. The zero-order valence-corrected chi connectivity index (χ0v) is 11.4. The molecule has 0 radical (unpaired) electrons. The van der Waals surface area contributed by atoms with Crippen LogP contribution in [0.15, 0.2) is 36.0 Å². The van der Waals surface area contributed by atoms with E-state index in [-0.39, 0.29) is 0 Å². The van der Waals surface area contributed by atoms with Crippen LogP contribution in [0.4, 0.5) is 0 Å². The Morgan fingerprint density at radius 3 is 2.74 bits per heavy atom. The van der Waals surface area contributed by atoms with E-state index in [0.29, 0.717) is 0 Å². The molecule has 4 nitrogen and oxygen atoms in total. The highest BCUT2D eigenvalue weighted by Gasteiger charge is 2.13. The largest absolute Gasteiger partial charge is 0.497 e. The van der Waals surface area contributed by atoms with Gasteiger partial charge in [-0.3, -0.25) is 0 Å². The van der Waals surface area contributed by atoms with E-state index >= 15 is 0 Å². The van der Waals surface area contributed by atoms with Crippen molar-refractivity contribution in [2.45, 2.75) is 0 Å². The highest BCUT2D eigenvalue weighted by Crippen LogP contribution is 2.36.